The van der Waals surface area contributed by atoms with Crippen molar-refractivity contribution in [3.63, 3.8) is 0 Å². The molecule has 152 valence electrons. The normalized spacial score (nSPS) is 17.7. The van der Waals surface area contributed by atoms with E-state index in [1.807, 2.05) is 0 Å². The molecule has 27 heavy (non-hydrogen) atoms. The number of methoxy groups -OCH3 is 1. The Morgan fingerprint density at radius 3 is 2.33 bits per heavy atom. The number of piperidine rings is 1. The van der Waals surface area contributed by atoms with E-state index in [2.05, 4.69) is 19.2 Å². The number of hydrogen-bond acceptors (Lipinski definition) is 5. The number of carbonyl (C=O) groups is 1. The number of nitrogens with zero attached hydrogens (tertiary/aromatic N) is 1. The molecule has 0 radical (unpaired) electrons. The summed E-state index contributed by atoms with van der Waals surface area (Å²) in [4.78, 5) is 12.7. The molecule has 1 fully saturated rings. The summed E-state index contributed by atoms with van der Waals surface area (Å²) in [6.45, 7) is 5.27. The number of rotatable bonds is 8. The molecule has 1 unspecified atom stereocenters. The van der Waals surface area contributed by atoms with Crippen LogP contribution in [0.15, 0.2) is 29.2 Å². The van der Waals surface area contributed by atoms with Gasteiger partial charge in [0.2, 0.25) is 15.9 Å². The van der Waals surface area contributed by atoms with Crippen LogP contribution in [-0.4, -0.2) is 51.4 Å². The number of ether oxygens (including phenoxy) is 1. The first-order valence-corrected chi connectivity index (χ1v) is 10.9. The molecule has 7 nitrogen and oxygen atoms in total. The van der Waals surface area contributed by atoms with Gasteiger partial charge in [0, 0.05) is 31.6 Å². The number of sulfonamides is 1. The summed E-state index contributed by atoms with van der Waals surface area (Å²) in [5, 5.41) is 3.02. The van der Waals surface area contributed by atoms with Crippen LogP contribution >= 0.6 is 0 Å². The molecule has 1 aliphatic rings. The topological polar surface area (TPSA) is 102 Å². The summed E-state index contributed by atoms with van der Waals surface area (Å²) in [5.74, 6) is 0.872. The number of nitrogens with two attached hydrogens (primary N) is 1. The maximum atomic E-state index is 12.8. The minimum absolute atomic E-state index is 0.0207. The van der Waals surface area contributed by atoms with Crippen molar-refractivity contribution in [2.75, 3.05) is 26.7 Å². The summed E-state index contributed by atoms with van der Waals surface area (Å²) in [7, 11) is -2.02. The Morgan fingerprint density at radius 2 is 1.85 bits per heavy atom. The number of hydrogen-bond donors (Lipinski definition) is 2. The third kappa shape index (κ3) is 5.67. The van der Waals surface area contributed by atoms with Crippen molar-refractivity contribution in [2.24, 2.45) is 17.6 Å². The van der Waals surface area contributed by atoms with Crippen LogP contribution in [0.4, 0.5) is 0 Å². The molecular weight excluding hydrogens is 366 g/mol. The molecule has 1 aromatic rings. The van der Waals surface area contributed by atoms with Crippen molar-refractivity contribution in [3.05, 3.63) is 24.3 Å². The zero-order valence-electron chi connectivity index (χ0n) is 16.3. The van der Waals surface area contributed by atoms with Gasteiger partial charge in [-0.2, -0.15) is 4.31 Å². The van der Waals surface area contributed by atoms with E-state index in [1.165, 1.54) is 11.4 Å². The lowest BCUT2D eigenvalue weighted by atomic mass is 9.96. The molecule has 1 amide bonds. The van der Waals surface area contributed by atoms with Gasteiger partial charge in [0.15, 0.2) is 0 Å². The zero-order chi connectivity index (χ0) is 20.0. The molecule has 2 rings (SSSR count). The zero-order valence-corrected chi connectivity index (χ0v) is 17.2. The van der Waals surface area contributed by atoms with Gasteiger partial charge in [-0.25, -0.2) is 8.42 Å². The standard InChI is InChI=1S/C19H31N3O4S/c1-14(2)12-16(13-20)21-19(23)15-8-10-22(11-9-15)27(24,25)18-6-4-17(26-3)5-7-18/h4-7,14-16H,8-13,20H2,1-3H3,(H,21,23). The number of nitrogens with one attached hydrogen (secondary N) is 1. The summed E-state index contributed by atoms with van der Waals surface area (Å²) in [6.07, 6.45) is 1.87. The molecule has 1 heterocycles. The summed E-state index contributed by atoms with van der Waals surface area (Å²) < 4.78 is 32.1. The second kappa shape index (κ2) is 9.52. The fraction of sp³-hybridized carbons (Fsp3) is 0.632. The van der Waals surface area contributed by atoms with E-state index < -0.39 is 10.0 Å². The third-order valence-electron chi connectivity index (χ3n) is 4.91. The number of benzene rings is 1. The fourth-order valence-corrected chi connectivity index (χ4v) is 4.83. The Balaban J connectivity index is 1.94. The SMILES string of the molecule is COc1ccc(S(=O)(=O)N2CCC(C(=O)NC(CN)CC(C)C)CC2)cc1. The van der Waals surface area contributed by atoms with Crippen molar-refractivity contribution in [3.8, 4) is 5.75 Å². The second-order valence-electron chi connectivity index (χ2n) is 7.42. The fourth-order valence-electron chi connectivity index (χ4n) is 3.36. The highest BCUT2D eigenvalue weighted by Gasteiger charge is 2.32. The second-order valence-corrected chi connectivity index (χ2v) is 9.36. The van der Waals surface area contributed by atoms with Crippen molar-refractivity contribution < 1.29 is 17.9 Å². The lowest BCUT2D eigenvalue weighted by molar-refractivity contribution is -0.126. The molecule has 1 aliphatic heterocycles. The van der Waals surface area contributed by atoms with Crippen LogP contribution in [0.3, 0.4) is 0 Å². The largest absolute Gasteiger partial charge is 0.497 e. The molecule has 0 aromatic heterocycles. The van der Waals surface area contributed by atoms with Gasteiger partial charge in [0.1, 0.15) is 5.75 Å². The minimum Gasteiger partial charge on any atom is -0.497 e. The molecule has 1 aromatic carbocycles. The molecular formula is C19H31N3O4S. The van der Waals surface area contributed by atoms with E-state index in [0.717, 1.165) is 6.42 Å². The molecule has 0 bridgehead atoms. The van der Waals surface area contributed by atoms with E-state index in [-0.39, 0.29) is 22.8 Å². The number of amides is 1. The van der Waals surface area contributed by atoms with E-state index >= 15 is 0 Å². The van der Waals surface area contributed by atoms with E-state index in [4.69, 9.17) is 10.5 Å². The van der Waals surface area contributed by atoms with Crippen LogP contribution in [-0.2, 0) is 14.8 Å². The summed E-state index contributed by atoms with van der Waals surface area (Å²) in [6, 6.07) is 6.33. The first-order chi connectivity index (χ1) is 12.8. The average Bonchev–Trinajstić information content (AvgIpc) is 2.67. The highest BCUT2D eigenvalue weighted by atomic mass is 32.2. The molecule has 0 aliphatic carbocycles. The molecule has 1 saturated heterocycles. The first-order valence-electron chi connectivity index (χ1n) is 9.42. The third-order valence-corrected chi connectivity index (χ3v) is 6.82. The quantitative estimate of drug-likeness (QED) is 0.693. The highest BCUT2D eigenvalue weighted by molar-refractivity contribution is 7.89. The van der Waals surface area contributed by atoms with Gasteiger partial charge < -0.3 is 15.8 Å². The average molecular weight is 398 g/mol. The molecule has 8 heteroatoms. The van der Waals surface area contributed by atoms with Crippen molar-refractivity contribution in [1.29, 1.82) is 0 Å². The van der Waals surface area contributed by atoms with Crippen LogP contribution in [0.5, 0.6) is 5.75 Å². The maximum absolute atomic E-state index is 12.8. The Labute approximate surface area is 162 Å². The summed E-state index contributed by atoms with van der Waals surface area (Å²) >= 11 is 0. The smallest absolute Gasteiger partial charge is 0.243 e. The molecule has 3 N–H and O–H groups in total. The Kier molecular flexibility index (Phi) is 7.64. The van der Waals surface area contributed by atoms with Crippen LogP contribution in [0.1, 0.15) is 33.1 Å². The van der Waals surface area contributed by atoms with Gasteiger partial charge in [-0.05, 0) is 49.4 Å². The van der Waals surface area contributed by atoms with E-state index in [0.29, 0.717) is 44.1 Å². The van der Waals surface area contributed by atoms with Gasteiger partial charge >= 0.3 is 0 Å². The van der Waals surface area contributed by atoms with Crippen LogP contribution < -0.4 is 15.8 Å². The van der Waals surface area contributed by atoms with E-state index in [1.54, 1.807) is 24.3 Å². The van der Waals surface area contributed by atoms with Gasteiger partial charge in [-0.15, -0.1) is 0 Å². The molecule has 0 saturated carbocycles. The van der Waals surface area contributed by atoms with E-state index in [9.17, 15) is 13.2 Å². The van der Waals surface area contributed by atoms with Crippen LogP contribution in [0, 0.1) is 11.8 Å². The maximum Gasteiger partial charge on any atom is 0.243 e. The lowest BCUT2D eigenvalue weighted by Gasteiger charge is -2.31. The monoisotopic (exact) mass is 397 g/mol. The number of carbonyl (C=O) groups excluding carboxylic acids is 1. The lowest BCUT2D eigenvalue weighted by Crippen LogP contribution is -2.47. The first kappa shape index (κ1) is 21.7. The Hall–Kier alpha value is -1.64. The van der Waals surface area contributed by atoms with Gasteiger partial charge in [0.05, 0.1) is 12.0 Å². The van der Waals surface area contributed by atoms with Crippen molar-refractivity contribution in [1.82, 2.24) is 9.62 Å². The molecule has 1 atom stereocenters. The highest BCUT2D eigenvalue weighted by Crippen LogP contribution is 2.25. The van der Waals surface area contributed by atoms with Crippen LogP contribution in [0.25, 0.3) is 0 Å². The van der Waals surface area contributed by atoms with Gasteiger partial charge in [0.25, 0.3) is 0 Å². The van der Waals surface area contributed by atoms with Crippen LogP contribution in [0.2, 0.25) is 0 Å². The predicted molar refractivity (Wildman–Crippen MR) is 105 cm³/mol. The van der Waals surface area contributed by atoms with Gasteiger partial charge in [-0.1, -0.05) is 13.8 Å². The summed E-state index contributed by atoms with van der Waals surface area (Å²) in [5.41, 5.74) is 5.75. The predicted octanol–water partition coefficient (Wildman–Crippen LogP) is 1.59. The minimum atomic E-state index is -3.55. The van der Waals surface area contributed by atoms with Crippen molar-refractivity contribution in [2.45, 2.75) is 44.0 Å². The molecule has 0 spiro atoms. The Morgan fingerprint density at radius 1 is 1.26 bits per heavy atom. The van der Waals surface area contributed by atoms with Gasteiger partial charge in [-0.3, -0.25) is 4.79 Å². The van der Waals surface area contributed by atoms with Crippen molar-refractivity contribution >= 4 is 15.9 Å². The Bertz CT molecular complexity index is 711.